The van der Waals surface area contributed by atoms with Gasteiger partial charge in [0.2, 0.25) is 5.91 Å². The van der Waals surface area contributed by atoms with Crippen molar-refractivity contribution in [2.45, 2.75) is 59.4 Å². The van der Waals surface area contributed by atoms with E-state index in [4.69, 9.17) is 0 Å². The second-order valence-electron chi connectivity index (χ2n) is 10.1. The number of fused-ring (bicyclic) bond motifs is 1. The molecular formula is C23H34N2O. The molecule has 2 aliphatic rings. The molecule has 3 rings (SSSR count). The average molecular weight is 355 g/mol. The quantitative estimate of drug-likeness (QED) is 0.721. The van der Waals surface area contributed by atoms with Crippen LogP contribution < -0.4 is 4.90 Å². The molecule has 1 amide bonds. The fourth-order valence-electron chi connectivity index (χ4n) is 4.25. The lowest BCUT2D eigenvalue weighted by atomic mass is 9.75. The Kier molecular flexibility index (Phi) is 4.81. The van der Waals surface area contributed by atoms with Crippen molar-refractivity contribution < 1.29 is 4.79 Å². The lowest BCUT2D eigenvalue weighted by Gasteiger charge is -2.48. The predicted octanol–water partition coefficient (Wildman–Crippen LogP) is 4.83. The zero-order valence-corrected chi connectivity index (χ0v) is 17.4. The van der Waals surface area contributed by atoms with Gasteiger partial charge in [-0.25, -0.2) is 0 Å². The first-order valence-corrected chi connectivity index (χ1v) is 9.85. The predicted molar refractivity (Wildman–Crippen MR) is 109 cm³/mol. The van der Waals surface area contributed by atoms with Gasteiger partial charge in [0.05, 0.1) is 5.92 Å². The Bertz CT molecular complexity index is 690. The van der Waals surface area contributed by atoms with Gasteiger partial charge in [-0.2, -0.15) is 0 Å². The first kappa shape index (κ1) is 19.2. The van der Waals surface area contributed by atoms with Gasteiger partial charge in [-0.1, -0.05) is 45.9 Å². The maximum Gasteiger partial charge on any atom is 0.235 e. The molecule has 26 heavy (non-hydrogen) atoms. The van der Waals surface area contributed by atoms with Gasteiger partial charge >= 0.3 is 0 Å². The fourth-order valence-corrected chi connectivity index (χ4v) is 4.25. The SMILES string of the molecule is CC1CN(C(C)(C)C)CC2C=CN(c3ccc(C(C)(C)C)cc3)C(=O)C12. The van der Waals surface area contributed by atoms with Crippen LogP contribution in [-0.2, 0) is 10.2 Å². The van der Waals surface area contributed by atoms with Crippen LogP contribution in [0.1, 0.15) is 54.0 Å². The van der Waals surface area contributed by atoms with E-state index in [-0.39, 0.29) is 22.8 Å². The van der Waals surface area contributed by atoms with Crippen LogP contribution in [0.3, 0.4) is 0 Å². The Labute approximate surface area is 159 Å². The van der Waals surface area contributed by atoms with Crippen molar-refractivity contribution in [3.8, 4) is 0 Å². The van der Waals surface area contributed by atoms with Crippen molar-refractivity contribution in [1.82, 2.24) is 4.90 Å². The van der Waals surface area contributed by atoms with E-state index in [2.05, 4.69) is 83.7 Å². The lowest BCUT2D eigenvalue weighted by Crippen LogP contribution is -2.57. The first-order valence-electron chi connectivity index (χ1n) is 9.85. The zero-order chi connectivity index (χ0) is 19.3. The summed E-state index contributed by atoms with van der Waals surface area (Å²) in [5.74, 6) is 1.01. The highest BCUT2D eigenvalue weighted by molar-refractivity contribution is 5.98. The third kappa shape index (κ3) is 3.59. The third-order valence-corrected chi connectivity index (χ3v) is 5.98. The molecule has 3 unspecified atom stereocenters. The molecule has 3 nitrogen and oxygen atoms in total. The molecule has 0 spiro atoms. The van der Waals surface area contributed by atoms with Gasteiger partial charge in [-0.3, -0.25) is 14.6 Å². The van der Waals surface area contributed by atoms with Gasteiger partial charge in [0.25, 0.3) is 0 Å². The van der Waals surface area contributed by atoms with E-state index in [0.29, 0.717) is 11.8 Å². The first-order chi connectivity index (χ1) is 12.0. The van der Waals surface area contributed by atoms with Crippen LogP contribution in [0.25, 0.3) is 0 Å². The number of piperidine rings is 1. The molecule has 1 saturated heterocycles. The smallest absolute Gasteiger partial charge is 0.235 e. The number of carbonyl (C=O) groups is 1. The molecule has 2 heterocycles. The number of hydrogen-bond acceptors (Lipinski definition) is 2. The van der Waals surface area contributed by atoms with Gasteiger partial charge < -0.3 is 0 Å². The third-order valence-electron chi connectivity index (χ3n) is 5.98. The van der Waals surface area contributed by atoms with Crippen molar-refractivity contribution in [2.75, 3.05) is 18.0 Å². The molecular weight excluding hydrogens is 320 g/mol. The van der Waals surface area contributed by atoms with E-state index in [1.807, 2.05) is 11.1 Å². The molecule has 2 aliphatic heterocycles. The topological polar surface area (TPSA) is 23.6 Å². The minimum absolute atomic E-state index is 0.0842. The summed E-state index contributed by atoms with van der Waals surface area (Å²) in [5.41, 5.74) is 2.54. The summed E-state index contributed by atoms with van der Waals surface area (Å²) in [4.78, 5) is 17.6. The summed E-state index contributed by atoms with van der Waals surface area (Å²) in [5, 5.41) is 0. The second kappa shape index (κ2) is 6.53. The van der Waals surface area contributed by atoms with Crippen LogP contribution in [0.4, 0.5) is 5.69 Å². The van der Waals surface area contributed by atoms with Gasteiger partial charge in [-0.05, 0) is 49.8 Å². The fraction of sp³-hybridized carbons (Fsp3) is 0.609. The van der Waals surface area contributed by atoms with Gasteiger partial charge in [0.15, 0.2) is 0 Å². The van der Waals surface area contributed by atoms with Crippen molar-refractivity contribution >= 4 is 11.6 Å². The molecule has 0 radical (unpaired) electrons. The number of likely N-dealkylation sites (tertiary alicyclic amines) is 1. The van der Waals surface area contributed by atoms with Crippen molar-refractivity contribution in [1.29, 1.82) is 0 Å². The molecule has 0 saturated carbocycles. The summed E-state index contributed by atoms with van der Waals surface area (Å²) in [6, 6.07) is 8.46. The standard InChI is InChI=1S/C23H34N2O/c1-16-14-24(23(5,6)7)15-17-12-13-25(21(26)20(16)17)19-10-8-18(9-11-19)22(2,3)4/h8-13,16-17,20H,14-15H2,1-7H3. The minimum Gasteiger partial charge on any atom is -0.298 e. The highest BCUT2D eigenvalue weighted by Crippen LogP contribution is 2.38. The van der Waals surface area contributed by atoms with Gasteiger partial charge in [0, 0.05) is 36.4 Å². The van der Waals surface area contributed by atoms with E-state index >= 15 is 0 Å². The molecule has 0 aromatic heterocycles. The minimum atomic E-state index is 0.0842. The van der Waals surface area contributed by atoms with Gasteiger partial charge in [-0.15, -0.1) is 0 Å². The van der Waals surface area contributed by atoms with Crippen LogP contribution in [-0.4, -0.2) is 29.4 Å². The van der Waals surface area contributed by atoms with Crippen LogP contribution >= 0.6 is 0 Å². The molecule has 142 valence electrons. The number of amides is 1. The van der Waals surface area contributed by atoms with Crippen molar-refractivity contribution in [3.63, 3.8) is 0 Å². The normalized spacial score (nSPS) is 27.6. The van der Waals surface area contributed by atoms with Crippen LogP contribution in [0, 0.1) is 17.8 Å². The largest absolute Gasteiger partial charge is 0.298 e. The maximum absolute atomic E-state index is 13.3. The molecule has 0 bridgehead atoms. The van der Waals surface area contributed by atoms with E-state index in [1.54, 1.807) is 0 Å². The summed E-state index contributed by atoms with van der Waals surface area (Å²) in [6.45, 7) is 17.6. The number of anilines is 1. The van der Waals surface area contributed by atoms with E-state index in [1.165, 1.54) is 5.56 Å². The maximum atomic E-state index is 13.3. The molecule has 3 heteroatoms. The number of rotatable bonds is 1. The Morgan fingerprint density at radius 1 is 0.962 bits per heavy atom. The number of benzene rings is 1. The highest BCUT2D eigenvalue weighted by Gasteiger charge is 2.44. The number of nitrogens with zero attached hydrogens (tertiary/aromatic N) is 2. The summed E-state index contributed by atoms with van der Waals surface area (Å²) >= 11 is 0. The molecule has 0 aliphatic carbocycles. The number of hydrogen-bond donors (Lipinski definition) is 0. The Morgan fingerprint density at radius 2 is 1.58 bits per heavy atom. The van der Waals surface area contributed by atoms with Crippen molar-refractivity contribution in [3.05, 3.63) is 42.1 Å². The highest BCUT2D eigenvalue weighted by atomic mass is 16.2. The average Bonchev–Trinajstić information content (AvgIpc) is 2.53. The van der Waals surface area contributed by atoms with Crippen LogP contribution in [0.15, 0.2) is 36.5 Å². The van der Waals surface area contributed by atoms with Crippen LogP contribution in [0.5, 0.6) is 0 Å². The molecule has 3 atom stereocenters. The van der Waals surface area contributed by atoms with Crippen LogP contribution in [0.2, 0.25) is 0 Å². The molecule has 0 N–H and O–H groups in total. The number of carbonyl (C=O) groups excluding carboxylic acids is 1. The Balaban J connectivity index is 1.84. The Hall–Kier alpha value is -1.61. The van der Waals surface area contributed by atoms with Gasteiger partial charge in [0.1, 0.15) is 0 Å². The lowest BCUT2D eigenvalue weighted by molar-refractivity contribution is -0.128. The monoisotopic (exact) mass is 354 g/mol. The summed E-state index contributed by atoms with van der Waals surface area (Å²) in [6.07, 6.45) is 4.24. The van der Waals surface area contributed by atoms with Crippen molar-refractivity contribution in [2.24, 2.45) is 17.8 Å². The zero-order valence-electron chi connectivity index (χ0n) is 17.4. The van der Waals surface area contributed by atoms with E-state index in [0.717, 1.165) is 18.8 Å². The molecule has 1 fully saturated rings. The Morgan fingerprint density at radius 3 is 2.12 bits per heavy atom. The molecule has 1 aromatic rings. The summed E-state index contributed by atoms with van der Waals surface area (Å²) < 4.78 is 0. The van der Waals surface area contributed by atoms with E-state index in [9.17, 15) is 4.79 Å². The molecule has 1 aromatic carbocycles. The second-order valence-corrected chi connectivity index (χ2v) is 10.1. The summed E-state index contributed by atoms with van der Waals surface area (Å²) in [7, 11) is 0. The van der Waals surface area contributed by atoms with E-state index < -0.39 is 0 Å².